The van der Waals surface area contributed by atoms with Crippen molar-refractivity contribution >= 4 is 47.2 Å². The van der Waals surface area contributed by atoms with Crippen LogP contribution < -0.4 is 16.0 Å². The second kappa shape index (κ2) is 18.7. The van der Waals surface area contributed by atoms with E-state index in [-0.39, 0.29) is 36.0 Å². The third-order valence-electron chi connectivity index (χ3n) is 10.2. The monoisotopic (exact) mass is 723 g/mol. The average molecular weight is 724 g/mol. The molecule has 14 nitrogen and oxygen atoms in total. The number of carbonyl (C=O) groups is 7. The number of aliphatic imine (C=N–C) groups is 1. The first-order valence-electron chi connectivity index (χ1n) is 18.6. The molecule has 2 aliphatic carbocycles. The number of hydrogen-bond acceptors (Lipinski definition) is 8. The Morgan fingerprint density at radius 2 is 1.63 bits per heavy atom. The first-order valence-corrected chi connectivity index (χ1v) is 18.6. The summed E-state index contributed by atoms with van der Waals surface area (Å²) in [4.78, 5) is 97.6. The topological polar surface area (TPSA) is 201 Å². The van der Waals surface area contributed by atoms with Gasteiger partial charge in [-0.15, -0.1) is 0 Å². The number of hydrogen-bond donors (Lipinski definition) is 4. The van der Waals surface area contributed by atoms with Crippen LogP contribution in [0.3, 0.4) is 0 Å². The maximum atomic E-state index is 14.4. The number of aliphatic carboxylic acids is 1. The molecule has 3 aliphatic rings. The summed E-state index contributed by atoms with van der Waals surface area (Å²) in [7, 11) is 0. The molecule has 5 amide bonds. The fraction of sp³-hybridized carbons (Fsp3) is 0.632. The fourth-order valence-electron chi connectivity index (χ4n) is 7.57. The van der Waals surface area contributed by atoms with Crippen molar-refractivity contribution < 1.29 is 43.4 Å². The molecule has 2 unspecified atom stereocenters. The van der Waals surface area contributed by atoms with Crippen LogP contribution in [0, 0.1) is 17.3 Å². The molecule has 0 radical (unpaired) electrons. The van der Waals surface area contributed by atoms with Crippen LogP contribution in [0.4, 0.5) is 4.79 Å². The molecular weight excluding hydrogens is 670 g/mol. The van der Waals surface area contributed by atoms with Crippen molar-refractivity contribution in [2.45, 2.75) is 116 Å². The van der Waals surface area contributed by atoms with Gasteiger partial charge >= 0.3 is 12.1 Å². The lowest BCUT2D eigenvalue weighted by Crippen LogP contribution is -2.55. The van der Waals surface area contributed by atoms with Gasteiger partial charge in [-0.25, -0.2) is 9.59 Å². The summed E-state index contributed by atoms with van der Waals surface area (Å²) in [5.41, 5.74) is 0.159. The molecule has 4 rings (SSSR count). The number of ketones is 1. The highest BCUT2D eigenvalue weighted by molar-refractivity contribution is 6.41. The highest BCUT2D eigenvalue weighted by Gasteiger charge is 2.51. The van der Waals surface area contributed by atoms with E-state index in [4.69, 9.17) is 4.74 Å². The second-order valence-corrected chi connectivity index (χ2v) is 14.8. The van der Waals surface area contributed by atoms with Crippen LogP contribution in [0.2, 0.25) is 0 Å². The number of benzene rings is 1. The Morgan fingerprint density at radius 1 is 0.962 bits per heavy atom. The first kappa shape index (κ1) is 40.2. The molecule has 1 heterocycles. The highest BCUT2D eigenvalue weighted by Crippen LogP contribution is 2.48. The molecule has 3 atom stereocenters. The van der Waals surface area contributed by atoms with E-state index in [1.807, 2.05) is 13.8 Å². The lowest BCUT2D eigenvalue weighted by Gasteiger charge is -2.30. The first-order chi connectivity index (χ1) is 24.8. The zero-order chi connectivity index (χ0) is 37.8. The summed E-state index contributed by atoms with van der Waals surface area (Å²) < 4.78 is 5.31. The SMILES string of the molecule is CCCC(NC(=O)C1CC2(CCCC2)CN1C(=O)C(=NC(=O)OCC(C)C)C1CCCCC1)C(=O)C(=O)NCC(=O)N[C@H](C(=O)O)c1ccccc1. The smallest absolute Gasteiger partial charge is 0.434 e. The zero-order valence-corrected chi connectivity index (χ0v) is 30.5. The van der Waals surface area contributed by atoms with Gasteiger partial charge in [0, 0.05) is 12.5 Å². The van der Waals surface area contributed by atoms with Gasteiger partial charge in [-0.3, -0.25) is 24.0 Å². The minimum absolute atomic E-state index is 0.0869. The summed E-state index contributed by atoms with van der Waals surface area (Å²) in [6.45, 7) is 5.41. The standard InChI is InChI=1S/C38H53N5O9/c1-4-13-27(32(45)34(47)39-21-29(44)41-31(36(49)50)26-16-9-6-10-17-26)40-33(46)28-20-38(18-11-12-19-38)23-43(28)35(48)30(25-14-7-5-8-15-25)42-37(51)52-22-24(2)3/h6,9-10,16-17,24-25,27-28,31H,4-5,7-8,11-15,18-23H2,1-3H3,(H,39,47)(H,40,46)(H,41,44)(H,49,50)/t27?,28?,31-/m0/s1. The Bertz CT molecular complexity index is 1500. The Kier molecular flexibility index (Phi) is 14.5. The molecule has 1 spiro atoms. The number of carboxylic acid groups (broad SMARTS) is 1. The van der Waals surface area contributed by atoms with Crippen molar-refractivity contribution in [1.29, 1.82) is 0 Å². The third kappa shape index (κ3) is 10.7. The summed E-state index contributed by atoms with van der Waals surface area (Å²) in [6, 6.07) is 4.50. The van der Waals surface area contributed by atoms with Gasteiger partial charge in [0.05, 0.1) is 19.2 Å². The number of likely N-dealkylation sites (tertiary alicyclic amines) is 1. The van der Waals surface area contributed by atoms with Gasteiger partial charge in [0.15, 0.2) is 6.04 Å². The van der Waals surface area contributed by atoms with Crippen molar-refractivity contribution in [3.63, 3.8) is 0 Å². The summed E-state index contributed by atoms with van der Waals surface area (Å²) in [5, 5.41) is 16.9. The van der Waals surface area contributed by atoms with E-state index in [1.54, 1.807) is 25.1 Å². The number of carboxylic acids is 1. The molecule has 284 valence electrons. The number of nitrogens with zero attached hydrogens (tertiary/aromatic N) is 2. The van der Waals surface area contributed by atoms with Crippen LogP contribution in [0.5, 0.6) is 0 Å². The minimum atomic E-state index is -1.36. The van der Waals surface area contributed by atoms with Gasteiger partial charge in [-0.1, -0.05) is 89.6 Å². The van der Waals surface area contributed by atoms with Crippen molar-refractivity contribution in [1.82, 2.24) is 20.9 Å². The van der Waals surface area contributed by atoms with E-state index in [1.165, 1.54) is 17.0 Å². The van der Waals surface area contributed by atoms with Crippen molar-refractivity contribution in [2.24, 2.45) is 22.2 Å². The normalized spacial score (nSPS) is 19.9. The van der Waals surface area contributed by atoms with Gasteiger partial charge in [0.2, 0.25) is 17.6 Å². The number of carbonyl (C=O) groups excluding carboxylic acids is 6. The number of nitrogens with one attached hydrogen (secondary N) is 3. The number of rotatable bonds is 15. The van der Waals surface area contributed by atoms with Crippen molar-refractivity contribution in [3.8, 4) is 0 Å². The van der Waals surface area contributed by atoms with Gasteiger partial charge in [-0.05, 0) is 55.4 Å². The Morgan fingerprint density at radius 3 is 2.25 bits per heavy atom. The quantitative estimate of drug-likeness (QED) is 0.153. The molecule has 4 N–H and O–H groups in total. The molecule has 1 aromatic rings. The maximum absolute atomic E-state index is 14.4. The maximum Gasteiger partial charge on any atom is 0.434 e. The number of Topliss-reactive ketones (excluding diaryl/α,β-unsaturated/α-hetero) is 1. The van der Waals surface area contributed by atoms with E-state index < -0.39 is 66.1 Å². The summed E-state index contributed by atoms with van der Waals surface area (Å²) in [5.74, 6) is -5.41. The van der Waals surface area contributed by atoms with Crippen molar-refractivity contribution in [3.05, 3.63) is 35.9 Å². The zero-order valence-electron chi connectivity index (χ0n) is 30.5. The second-order valence-electron chi connectivity index (χ2n) is 14.8. The van der Waals surface area contributed by atoms with E-state index in [0.29, 0.717) is 37.8 Å². The van der Waals surface area contributed by atoms with Gasteiger partial charge < -0.3 is 30.7 Å². The van der Waals surface area contributed by atoms with E-state index in [2.05, 4.69) is 20.9 Å². The molecule has 0 aromatic heterocycles. The summed E-state index contributed by atoms with van der Waals surface area (Å²) >= 11 is 0. The number of ether oxygens (including phenoxy) is 1. The molecule has 14 heteroatoms. The molecular formula is C38H53N5O9. The molecule has 1 aliphatic heterocycles. The van der Waals surface area contributed by atoms with E-state index >= 15 is 0 Å². The van der Waals surface area contributed by atoms with E-state index in [0.717, 1.165) is 44.9 Å². The van der Waals surface area contributed by atoms with Crippen LogP contribution in [0.15, 0.2) is 35.3 Å². The highest BCUT2D eigenvalue weighted by atomic mass is 16.5. The van der Waals surface area contributed by atoms with Gasteiger partial charge in [-0.2, -0.15) is 4.99 Å². The number of amides is 5. The van der Waals surface area contributed by atoms with Crippen LogP contribution >= 0.6 is 0 Å². The van der Waals surface area contributed by atoms with Crippen LogP contribution in [0.25, 0.3) is 0 Å². The molecule has 3 fully saturated rings. The van der Waals surface area contributed by atoms with Crippen LogP contribution in [0.1, 0.15) is 109 Å². The van der Waals surface area contributed by atoms with Crippen LogP contribution in [-0.4, -0.2) is 89.0 Å². The fourth-order valence-corrected chi connectivity index (χ4v) is 7.57. The third-order valence-corrected chi connectivity index (χ3v) is 10.2. The molecule has 52 heavy (non-hydrogen) atoms. The largest absolute Gasteiger partial charge is 0.479 e. The van der Waals surface area contributed by atoms with Crippen LogP contribution in [-0.2, 0) is 33.5 Å². The lowest BCUT2D eigenvalue weighted by atomic mass is 9.83. The van der Waals surface area contributed by atoms with E-state index in [9.17, 15) is 38.7 Å². The average Bonchev–Trinajstić information content (AvgIpc) is 3.77. The Labute approximate surface area is 304 Å². The predicted octanol–water partition coefficient (Wildman–Crippen LogP) is 3.87. The van der Waals surface area contributed by atoms with Gasteiger partial charge in [0.1, 0.15) is 11.8 Å². The Hall–Kier alpha value is -4.62. The summed E-state index contributed by atoms with van der Waals surface area (Å²) in [6.07, 6.45) is 7.91. The molecule has 1 aromatic carbocycles. The molecule has 1 saturated heterocycles. The minimum Gasteiger partial charge on any atom is -0.479 e. The van der Waals surface area contributed by atoms with Gasteiger partial charge in [0.25, 0.3) is 11.8 Å². The Balaban J connectivity index is 1.47. The molecule has 2 saturated carbocycles. The lowest BCUT2D eigenvalue weighted by molar-refractivity contribution is -0.143. The predicted molar refractivity (Wildman–Crippen MR) is 191 cm³/mol. The van der Waals surface area contributed by atoms with Crippen molar-refractivity contribution in [2.75, 3.05) is 19.7 Å². The molecule has 0 bridgehead atoms.